The van der Waals surface area contributed by atoms with Crippen molar-refractivity contribution in [2.45, 2.75) is 58.0 Å². The van der Waals surface area contributed by atoms with Gasteiger partial charge in [-0.05, 0) is 36.7 Å². The molecule has 1 aliphatic rings. The molecule has 2 rings (SSSR count). The lowest BCUT2D eigenvalue weighted by Crippen LogP contribution is -2.27. The Morgan fingerprint density at radius 2 is 1.78 bits per heavy atom. The van der Waals surface area contributed by atoms with Crippen LogP contribution in [0, 0.1) is 11.8 Å². The Morgan fingerprint density at radius 1 is 1.11 bits per heavy atom. The van der Waals surface area contributed by atoms with E-state index >= 15 is 0 Å². The largest absolute Gasteiger partial charge is 0.392 e. The summed E-state index contributed by atoms with van der Waals surface area (Å²) in [5.74, 6) is 1.45. The number of rotatable bonds is 5. The third kappa shape index (κ3) is 3.84. The first-order valence-electron chi connectivity index (χ1n) is 7.51. The summed E-state index contributed by atoms with van der Waals surface area (Å²) in [6, 6.07) is 10.4. The number of hydrogen-bond acceptors (Lipinski definition) is 1. The molecule has 1 aromatic carbocycles. The van der Waals surface area contributed by atoms with E-state index in [2.05, 4.69) is 31.2 Å². The van der Waals surface area contributed by atoms with E-state index in [4.69, 9.17) is 0 Å². The van der Waals surface area contributed by atoms with Crippen LogP contribution >= 0.6 is 0 Å². The van der Waals surface area contributed by atoms with Crippen molar-refractivity contribution in [2.24, 2.45) is 11.8 Å². The second-order valence-electron chi connectivity index (χ2n) is 5.83. The summed E-state index contributed by atoms with van der Waals surface area (Å²) >= 11 is 0. The van der Waals surface area contributed by atoms with Crippen LogP contribution in [-0.4, -0.2) is 11.2 Å². The number of hydrogen-bond donors (Lipinski definition) is 1. The molecule has 0 radical (unpaired) electrons. The van der Waals surface area contributed by atoms with Gasteiger partial charge in [0, 0.05) is 0 Å². The summed E-state index contributed by atoms with van der Waals surface area (Å²) in [5.41, 5.74) is 1.26. The van der Waals surface area contributed by atoms with Gasteiger partial charge in [-0.15, -0.1) is 0 Å². The van der Waals surface area contributed by atoms with Gasteiger partial charge in [-0.2, -0.15) is 0 Å². The van der Waals surface area contributed by atoms with E-state index in [1.165, 1.54) is 44.1 Å². The molecule has 1 aromatic rings. The van der Waals surface area contributed by atoms with Crippen LogP contribution in [0.25, 0.3) is 0 Å². The minimum absolute atomic E-state index is 0.144. The Hall–Kier alpha value is -0.820. The summed E-state index contributed by atoms with van der Waals surface area (Å²) < 4.78 is 0. The van der Waals surface area contributed by atoms with Crippen LogP contribution in [0.1, 0.15) is 51.0 Å². The fourth-order valence-corrected chi connectivity index (χ4v) is 3.29. The molecule has 1 nitrogen and oxygen atoms in total. The maximum atomic E-state index is 10.3. The molecule has 1 heteroatoms. The van der Waals surface area contributed by atoms with Gasteiger partial charge in [0.2, 0.25) is 0 Å². The lowest BCUT2D eigenvalue weighted by Gasteiger charge is -2.31. The van der Waals surface area contributed by atoms with Crippen molar-refractivity contribution in [3.05, 3.63) is 35.9 Å². The summed E-state index contributed by atoms with van der Waals surface area (Å²) in [5, 5.41) is 10.3. The summed E-state index contributed by atoms with van der Waals surface area (Å²) in [4.78, 5) is 0. The second-order valence-corrected chi connectivity index (χ2v) is 5.83. The smallest absolute Gasteiger partial charge is 0.0608 e. The van der Waals surface area contributed by atoms with Gasteiger partial charge in [-0.1, -0.05) is 62.9 Å². The summed E-state index contributed by atoms with van der Waals surface area (Å²) in [7, 11) is 0. The third-order valence-electron chi connectivity index (χ3n) is 4.42. The molecule has 0 aromatic heterocycles. The molecule has 0 bridgehead atoms. The molecule has 1 unspecified atom stereocenters. The molecule has 1 atom stereocenters. The first-order chi connectivity index (χ1) is 8.79. The molecule has 0 aliphatic heterocycles. The highest BCUT2D eigenvalue weighted by Gasteiger charge is 2.25. The zero-order chi connectivity index (χ0) is 12.8. The standard InChI is InChI=1S/C17H26O/c1-2-6-14-9-11-16(12-10-14)17(18)13-15-7-4-3-5-8-15/h3-5,7-8,14,16-18H,2,6,9-13H2,1H3. The molecule has 0 amide bonds. The number of benzene rings is 1. The SMILES string of the molecule is CCCC1CCC(C(O)Cc2ccccc2)CC1. The molecule has 1 aliphatic carbocycles. The molecular formula is C17H26O. The van der Waals surface area contributed by atoms with Crippen molar-refractivity contribution in [1.29, 1.82) is 0 Å². The van der Waals surface area contributed by atoms with Crippen LogP contribution < -0.4 is 0 Å². The average molecular weight is 246 g/mol. The maximum Gasteiger partial charge on any atom is 0.0608 e. The molecule has 100 valence electrons. The molecule has 1 saturated carbocycles. The highest BCUT2D eigenvalue weighted by molar-refractivity contribution is 5.15. The van der Waals surface area contributed by atoms with E-state index in [1.54, 1.807) is 0 Å². The lowest BCUT2D eigenvalue weighted by molar-refractivity contribution is 0.0728. The predicted octanol–water partition coefficient (Wildman–Crippen LogP) is 4.20. The van der Waals surface area contributed by atoms with Crippen molar-refractivity contribution in [2.75, 3.05) is 0 Å². The van der Waals surface area contributed by atoms with Gasteiger partial charge in [0.15, 0.2) is 0 Å². The Morgan fingerprint density at radius 3 is 2.39 bits per heavy atom. The normalized spacial score (nSPS) is 25.9. The van der Waals surface area contributed by atoms with Crippen LogP contribution in [0.3, 0.4) is 0 Å². The molecule has 1 fully saturated rings. The monoisotopic (exact) mass is 246 g/mol. The highest BCUT2D eigenvalue weighted by Crippen LogP contribution is 2.33. The molecule has 0 spiro atoms. The second kappa shape index (κ2) is 6.94. The van der Waals surface area contributed by atoms with E-state index in [0.29, 0.717) is 5.92 Å². The predicted molar refractivity (Wildman–Crippen MR) is 76.5 cm³/mol. The molecule has 1 N–H and O–H groups in total. The fraction of sp³-hybridized carbons (Fsp3) is 0.647. The van der Waals surface area contributed by atoms with Crippen LogP contribution in [0.15, 0.2) is 30.3 Å². The van der Waals surface area contributed by atoms with Crippen molar-refractivity contribution in [3.63, 3.8) is 0 Å². The van der Waals surface area contributed by atoms with Crippen LogP contribution in [0.5, 0.6) is 0 Å². The number of aliphatic hydroxyl groups is 1. The summed E-state index contributed by atoms with van der Waals surface area (Å²) in [6.07, 6.45) is 8.45. The third-order valence-corrected chi connectivity index (χ3v) is 4.42. The van der Waals surface area contributed by atoms with Gasteiger partial charge >= 0.3 is 0 Å². The van der Waals surface area contributed by atoms with Gasteiger partial charge in [-0.25, -0.2) is 0 Å². The van der Waals surface area contributed by atoms with Crippen molar-refractivity contribution >= 4 is 0 Å². The zero-order valence-electron chi connectivity index (χ0n) is 11.5. The minimum Gasteiger partial charge on any atom is -0.392 e. The van der Waals surface area contributed by atoms with Gasteiger partial charge in [-0.3, -0.25) is 0 Å². The van der Waals surface area contributed by atoms with Crippen LogP contribution in [0.2, 0.25) is 0 Å². The van der Waals surface area contributed by atoms with E-state index in [-0.39, 0.29) is 6.10 Å². The average Bonchev–Trinajstić information content (AvgIpc) is 2.41. The Labute approximate surface area is 111 Å². The van der Waals surface area contributed by atoms with Crippen molar-refractivity contribution < 1.29 is 5.11 Å². The van der Waals surface area contributed by atoms with Gasteiger partial charge in [0.25, 0.3) is 0 Å². The Bertz CT molecular complexity index is 325. The minimum atomic E-state index is -0.144. The zero-order valence-corrected chi connectivity index (χ0v) is 11.5. The van der Waals surface area contributed by atoms with E-state index in [9.17, 15) is 5.11 Å². The fourth-order valence-electron chi connectivity index (χ4n) is 3.29. The van der Waals surface area contributed by atoms with E-state index < -0.39 is 0 Å². The quantitative estimate of drug-likeness (QED) is 0.825. The van der Waals surface area contributed by atoms with Crippen LogP contribution in [-0.2, 0) is 6.42 Å². The topological polar surface area (TPSA) is 20.2 Å². The molecule has 0 saturated heterocycles. The first-order valence-corrected chi connectivity index (χ1v) is 7.51. The molecule has 18 heavy (non-hydrogen) atoms. The number of aliphatic hydroxyl groups excluding tert-OH is 1. The van der Waals surface area contributed by atoms with Gasteiger partial charge in [0.1, 0.15) is 0 Å². The highest BCUT2D eigenvalue weighted by atomic mass is 16.3. The van der Waals surface area contributed by atoms with E-state index in [0.717, 1.165) is 12.3 Å². The van der Waals surface area contributed by atoms with Crippen LogP contribution in [0.4, 0.5) is 0 Å². The Balaban J connectivity index is 1.79. The van der Waals surface area contributed by atoms with Crippen molar-refractivity contribution in [1.82, 2.24) is 0 Å². The van der Waals surface area contributed by atoms with Gasteiger partial charge < -0.3 is 5.11 Å². The lowest BCUT2D eigenvalue weighted by atomic mass is 9.77. The molecular weight excluding hydrogens is 220 g/mol. The molecule has 0 heterocycles. The van der Waals surface area contributed by atoms with Gasteiger partial charge in [0.05, 0.1) is 6.10 Å². The maximum absolute atomic E-state index is 10.3. The Kier molecular flexibility index (Phi) is 5.25. The van der Waals surface area contributed by atoms with E-state index in [1.807, 2.05) is 6.07 Å². The first kappa shape index (κ1) is 13.6. The summed E-state index contributed by atoms with van der Waals surface area (Å²) in [6.45, 7) is 2.27. The van der Waals surface area contributed by atoms with Crippen molar-refractivity contribution in [3.8, 4) is 0 Å².